The maximum Gasteiger partial charge on any atom is 0.330 e. The summed E-state index contributed by atoms with van der Waals surface area (Å²) < 4.78 is 10.7. The van der Waals surface area contributed by atoms with Crippen LogP contribution >= 0.6 is 12.4 Å². The summed E-state index contributed by atoms with van der Waals surface area (Å²) in [7, 11) is 1.36. The Labute approximate surface area is 131 Å². The lowest BCUT2D eigenvalue weighted by atomic mass is 9.92. The molecule has 1 atom stereocenters. The molecule has 2 rings (SSSR count). The number of carbonyl (C=O) groups excluding carboxylic acids is 1. The molecule has 1 heterocycles. The number of rotatable bonds is 2. The third kappa shape index (κ3) is 3.00. The van der Waals surface area contributed by atoms with Gasteiger partial charge in [-0.2, -0.15) is 0 Å². The van der Waals surface area contributed by atoms with Crippen LogP contribution in [-0.4, -0.2) is 18.7 Å². The van der Waals surface area contributed by atoms with Crippen LogP contribution in [0.15, 0.2) is 12.2 Å². The maximum absolute atomic E-state index is 11.2. The number of esters is 1. The molecular formula is C16H22ClNO3. The standard InChI is InChI=1S/C16H21NO3.ClH/c1-9-10(2)15-12(11(3)14(9)17)8-16(4,20-15)7-6-13(18)19-5;/h6-7H,8,17H2,1-5H3;1H/b7-6+;. The summed E-state index contributed by atoms with van der Waals surface area (Å²) in [6, 6.07) is 0. The number of nitrogen functional groups attached to an aromatic ring is 1. The average Bonchev–Trinajstić information content (AvgIpc) is 2.79. The predicted octanol–water partition coefficient (Wildman–Crippen LogP) is 3.04. The molecule has 0 saturated carbocycles. The Morgan fingerprint density at radius 3 is 2.48 bits per heavy atom. The van der Waals surface area contributed by atoms with Crippen LogP contribution in [0.3, 0.4) is 0 Å². The second-order valence-electron chi connectivity index (χ2n) is 5.54. The Morgan fingerprint density at radius 2 is 1.90 bits per heavy atom. The van der Waals surface area contributed by atoms with Crippen LogP contribution in [0.1, 0.15) is 29.2 Å². The predicted molar refractivity (Wildman–Crippen MR) is 86.2 cm³/mol. The van der Waals surface area contributed by atoms with E-state index in [1.165, 1.54) is 13.2 Å². The summed E-state index contributed by atoms with van der Waals surface area (Å²) in [5.74, 6) is 0.515. The molecular weight excluding hydrogens is 290 g/mol. The highest BCUT2D eigenvalue weighted by Gasteiger charge is 2.36. The van der Waals surface area contributed by atoms with E-state index in [1.807, 2.05) is 27.7 Å². The van der Waals surface area contributed by atoms with Crippen LogP contribution in [0.25, 0.3) is 0 Å². The number of fused-ring (bicyclic) bond motifs is 1. The van der Waals surface area contributed by atoms with Crippen molar-refractivity contribution in [2.75, 3.05) is 12.8 Å². The fraction of sp³-hybridized carbons (Fsp3) is 0.438. The van der Waals surface area contributed by atoms with Gasteiger partial charge in [0.25, 0.3) is 0 Å². The molecule has 0 aliphatic carbocycles. The summed E-state index contributed by atoms with van der Waals surface area (Å²) in [5.41, 5.74) is 10.8. The number of ether oxygens (including phenoxy) is 2. The van der Waals surface area contributed by atoms with Gasteiger partial charge < -0.3 is 15.2 Å². The molecule has 4 nitrogen and oxygen atoms in total. The number of methoxy groups -OCH3 is 1. The number of benzene rings is 1. The van der Waals surface area contributed by atoms with Gasteiger partial charge >= 0.3 is 5.97 Å². The Hall–Kier alpha value is -1.68. The fourth-order valence-corrected chi connectivity index (χ4v) is 2.59. The quantitative estimate of drug-likeness (QED) is 0.518. The zero-order chi connectivity index (χ0) is 15.1. The minimum absolute atomic E-state index is 0. The average molecular weight is 312 g/mol. The first-order valence-electron chi connectivity index (χ1n) is 6.63. The summed E-state index contributed by atoms with van der Waals surface area (Å²) in [6.07, 6.45) is 3.86. The van der Waals surface area contributed by atoms with Crippen LogP contribution in [0, 0.1) is 20.8 Å². The largest absolute Gasteiger partial charge is 0.483 e. The molecule has 2 N–H and O–H groups in total. The van der Waals surface area contributed by atoms with Gasteiger partial charge in [-0.25, -0.2) is 4.79 Å². The first-order valence-corrected chi connectivity index (χ1v) is 6.63. The van der Waals surface area contributed by atoms with Crippen LogP contribution < -0.4 is 10.5 Å². The van der Waals surface area contributed by atoms with Crippen molar-refractivity contribution in [3.05, 3.63) is 34.4 Å². The minimum atomic E-state index is -0.535. The number of anilines is 1. The third-order valence-corrected chi connectivity index (χ3v) is 4.07. The molecule has 1 aromatic rings. The first-order chi connectivity index (χ1) is 9.29. The Morgan fingerprint density at radius 1 is 1.29 bits per heavy atom. The molecule has 1 aromatic carbocycles. The van der Waals surface area contributed by atoms with Gasteiger partial charge in [0.05, 0.1) is 7.11 Å². The van der Waals surface area contributed by atoms with Crippen molar-refractivity contribution >= 4 is 24.1 Å². The molecule has 1 aliphatic rings. The number of hydrogen-bond donors (Lipinski definition) is 1. The summed E-state index contributed by atoms with van der Waals surface area (Å²) in [5, 5.41) is 0. The zero-order valence-electron chi connectivity index (χ0n) is 13.1. The van der Waals surface area contributed by atoms with Gasteiger partial charge in [-0.05, 0) is 50.5 Å². The second kappa shape index (κ2) is 5.98. The molecule has 0 saturated heterocycles. The van der Waals surface area contributed by atoms with Crippen LogP contribution in [0.5, 0.6) is 5.75 Å². The third-order valence-electron chi connectivity index (χ3n) is 4.07. The Balaban J connectivity index is 0.00000220. The normalized spacial score (nSPS) is 19.9. The fourth-order valence-electron chi connectivity index (χ4n) is 2.59. The second-order valence-corrected chi connectivity index (χ2v) is 5.54. The number of halogens is 1. The molecule has 0 aromatic heterocycles. The molecule has 1 aliphatic heterocycles. The van der Waals surface area contributed by atoms with Crippen molar-refractivity contribution in [1.29, 1.82) is 0 Å². The van der Waals surface area contributed by atoms with Crippen molar-refractivity contribution in [1.82, 2.24) is 0 Å². The van der Waals surface area contributed by atoms with Crippen LogP contribution in [0.4, 0.5) is 5.69 Å². The molecule has 0 fully saturated rings. The van der Waals surface area contributed by atoms with Gasteiger partial charge in [-0.3, -0.25) is 0 Å². The minimum Gasteiger partial charge on any atom is -0.483 e. The van der Waals surface area contributed by atoms with E-state index in [4.69, 9.17) is 10.5 Å². The SMILES string of the molecule is COC(=O)/C=C/C1(C)Cc2c(C)c(N)c(C)c(C)c2O1.Cl. The van der Waals surface area contributed by atoms with Crippen molar-refractivity contribution in [3.63, 3.8) is 0 Å². The summed E-state index contributed by atoms with van der Waals surface area (Å²) in [6.45, 7) is 7.98. The van der Waals surface area contributed by atoms with Gasteiger partial charge in [0.15, 0.2) is 0 Å². The van der Waals surface area contributed by atoms with E-state index >= 15 is 0 Å². The lowest BCUT2D eigenvalue weighted by Crippen LogP contribution is -2.27. The van der Waals surface area contributed by atoms with Gasteiger partial charge in [0.2, 0.25) is 0 Å². The van der Waals surface area contributed by atoms with Gasteiger partial charge in [0.1, 0.15) is 11.4 Å². The smallest absolute Gasteiger partial charge is 0.330 e. The van der Waals surface area contributed by atoms with Crippen molar-refractivity contribution in [3.8, 4) is 5.75 Å². The first kappa shape index (κ1) is 17.4. The molecule has 0 spiro atoms. The highest BCUT2D eigenvalue weighted by atomic mass is 35.5. The van der Waals surface area contributed by atoms with Crippen molar-refractivity contribution in [2.45, 2.75) is 39.7 Å². The highest BCUT2D eigenvalue weighted by molar-refractivity contribution is 5.85. The number of hydrogen-bond acceptors (Lipinski definition) is 4. The maximum atomic E-state index is 11.2. The van der Waals surface area contributed by atoms with E-state index in [1.54, 1.807) is 6.08 Å². The monoisotopic (exact) mass is 311 g/mol. The van der Waals surface area contributed by atoms with Gasteiger partial charge in [-0.1, -0.05) is 0 Å². The van der Waals surface area contributed by atoms with Crippen LogP contribution in [0.2, 0.25) is 0 Å². The van der Waals surface area contributed by atoms with Crippen molar-refractivity contribution < 1.29 is 14.3 Å². The summed E-state index contributed by atoms with van der Waals surface area (Å²) >= 11 is 0. The van der Waals surface area contributed by atoms with E-state index in [2.05, 4.69) is 4.74 Å². The van der Waals surface area contributed by atoms with Crippen molar-refractivity contribution in [2.24, 2.45) is 0 Å². The molecule has 21 heavy (non-hydrogen) atoms. The summed E-state index contributed by atoms with van der Waals surface area (Å²) in [4.78, 5) is 11.2. The molecule has 0 amide bonds. The van der Waals surface area contributed by atoms with E-state index < -0.39 is 5.60 Å². The Kier molecular flexibility index (Phi) is 4.95. The van der Waals surface area contributed by atoms with E-state index in [0.717, 1.165) is 33.7 Å². The van der Waals surface area contributed by atoms with Crippen LogP contribution in [-0.2, 0) is 16.0 Å². The molecule has 116 valence electrons. The number of nitrogens with two attached hydrogens (primary N) is 1. The van der Waals surface area contributed by atoms with Gasteiger partial charge in [0, 0.05) is 23.7 Å². The lowest BCUT2D eigenvalue weighted by Gasteiger charge is -2.20. The molecule has 0 bridgehead atoms. The molecule has 5 heteroatoms. The molecule has 1 unspecified atom stereocenters. The number of carbonyl (C=O) groups is 1. The molecule has 0 radical (unpaired) electrons. The van der Waals surface area contributed by atoms with Gasteiger partial charge in [-0.15, -0.1) is 12.4 Å². The lowest BCUT2D eigenvalue weighted by molar-refractivity contribution is -0.134. The Bertz CT molecular complexity index is 571. The zero-order valence-corrected chi connectivity index (χ0v) is 13.9. The van der Waals surface area contributed by atoms with E-state index in [9.17, 15) is 4.79 Å². The van der Waals surface area contributed by atoms with E-state index in [-0.39, 0.29) is 18.4 Å². The topological polar surface area (TPSA) is 61.5 Å². The highest BCUT2D eigenvalue weighted by Crippen LogP contribution is 2.44. The van der Waals surface area contributed by atoms with E-state index in [0.29, 0.717) is 6.42 Å².